The van der Waals surface area contributed by atoms with Gasteiger partial charge in [0.1, 0.15) is 5.82 Å². The molecule has 1 aliphatic heterocycles. The number of hydrogen-bond donors (Lipinski definition) is 2. The summed E-state index contributed by atoms with van der Waals surface area (Å²) < 4.78 is 0.319. The highest BCUT2D eigenvalue weighted by Gasteiger charge is 2.43. The van der Waals surface area contributed by atoms with Crippen molar-refractivity contribution in [1.82, 2.24) is 15.6 Å². The molecule has 0 amide bonds. The summed E-state index contributed by atoms with van der Waals surface area (Å²) in [4.78, 5) is 12.9. The van der Waals surface area contributed by atoms with Gasteiger partial charge in [0, 0.05) is 48.1 Å². The highest BCUT2D eigenvalue weighted by Crippen LogP contribution is 2.51. The molecule has 154 valence electrons. The van der Waals surface area contributed by atoms with Crippen LogP contribution in [-0.2, 0) is 0 Å². The maximum absolute atomic E-state index is 4.66. The van der Waals surface area contributed by atoms with E-state index in [2.05, 4.69) is 81.0 Å². The van der Waals surface area contributed by atoms with Crippen molar-refractivity contribution in [3.63, 3.8) is 0 Å². The minimum atomic E-state index is 0.319. The number of aryl methyl sites for hydroxylation is 1. The Labute approximate surface area is 178 Å². The van der Waals surface area contributed by atoms with E-state index in [0.717, 1.165) is 49.9 Å². The summed E-state index contributed by atoms with van der Waals surface area (Å²) in [6.45, 7) is 5.06. The van der Waals surface area contributed by atoms with Crippen LogP contribution in [0.4, 0.5) is 5.82 Å². The van der Waals surface area contributed by atoms with Crippen LogP contribution in [0.3, 0.4) is 0 Å². The van der Waals surface area contributed by atoms with Crippen molar-refractivity contribution in [2.75, 3.05) is 31.6 Å². The first kappa shape index (κ1) is 20.1. The van der Waals surface area contributed by atoms with Crippen LogP contribution in [0.1, 0.15) is 31.4 Å². The number of aliphatic imine (C=N–C) groups is 1. The van der Waals surface area contributed by atoms with Gasteiger partial charge in [-0.1, -0.05) is 24.3 Å². The van der Waals surface area contributed by atoms with Crippen LogP contribution in [0.15, 0.2) is 58.4 Å². The summed E-state index contributed by atoms with van der Waals surface area (Å²) in [5, 5.41) is 7.22. The fourth-order valence-electron chi connectivity index (χ4n) is 3.78. The Balaban J connectivity index is 1.24. The molecule has 4 rings (SSSR count). The monoisotopic (exact) mass is 409 g/mol. The van der Waals surface area contributed by atoms with Crippen molar-refractivity contribution >= 4 is 23.5 Å². The second-order valence-electron chi connectivity index (χ2n) is 8.07. The molecule has 0 bridgehead atoms. The van der Waals surface area contributed by atoms with E-state index in [4.69, 9.17) is 0 Å². The number of hydrogen-bond acceptors (Lipinski definition) is 4. The number of piperidine rings is 1. The van der Waals surface area contributed by atoms with Gasteiger partial charge in [0.25, 0.3) is 0 Å². The van der Waals surface area contributed by atoms with Gasteiger partial charge >= 0.3 is 0 Å². The van der Waals surface area contributed by atoms with E-state index < -0.39 is 0 Å². The standard InChI is InChI=1S/C23H31N5S/c1-18-7-6-10-21(26-18)28-15-11-19(12-16-28)27-22(24-2)25-17-23(13-14-23)29-20-8-4-3-5-9-20/h3-10,19H,11-17H2,1-2H3,(H2,24,25,27). The SMILES string of the molecule is CN=C(NCC1(Sc2ccccc2)CC1)NC1CCN(c2cccc(C)n2)CC1. The zero-order valence-electron chi connectivity index (χ0n) is 17.4. The lowest BCUT2D eigenvalue weighted by Crippen LogP contribution is -2.50. The van der Waals surface area contributed by atoms with E-state index in [9.17, 15) is 0 Å². The second kappa shape index (κ2) is 9.08. The number of guanidine groups is 1. The van der Waals surface area contributed by atoms with E-state index in [0.29, 0.717) is 10.8 Å². The number of nitrogens with one attached hydrogen (secondary N) is 2. The largest absolute Gasteiger partial charge is 0.356 e. The maximum atomic E-state index is 4.66. The van der Waals surface area contributed by atoms with E-state index >= 15 is 0 Å². The Kier molecular flexibility index (Phi) is 6.28. The number of pyridine rings is 1. The number of rotatable bonds is 6. The molecule has 1 saturated heterocycles. The molecule has 2 aliphatic rings. The van der Waals surface area contributed by atoms with Gasteiger partial charge in [-0.3, -0.25) is 4.99 Å². The Morgan fingerprint density at radius 2 is 1.90 bits per heavy atom. The maximum Gasteiger partial charge on any atom is 0.191 e. The topological polar surface area (TPSA) is 52.6 Å². The molecule has 1 aliphatic carbocycles. The molecule has 29 heavy (non-hydrogen) atoms. The highest BCUT2D eigenvalue weighted by molar-refractivity contribution is 8.01. The zero-order chi connectivity index (χ0) is 20.1. The lowest BCUT2D eigenvalue weighted by atomic mass is 10.1. The van der Waals surface area contributed by atoms with Gasteiger partial charge < -0.3 is 15.5 Å². The molecular weight excluding hydrogens is 378 g/mol. The van der Waals surface area contributed by atoms with Crippen molar-refractivity contribution in [1.29, 1.82) is 0 Å². The summed E-state index contributed by atoms with van der Waals surface area (Å²) in [5.41, 5.74) is 1.08. The van der Waals surface area contributed by atoms with E-state index in [1.54, 1.807) is 0 Å². The minimum absolute atomic E-state index is 0.319. The lowest BCUT2D eigenvalue weighted by molar-refractivity contribution is 0.459. The van der Waals surface area contributed by atoms with Gasteiger partial charge in [-0.2, -0.15) is 0 Å². The first-order chi connectivity index (χ1) is 14.2. The van der Waals surface area contributed by atoms with Gasteiger partial charge in [-0.25, -0.2) is 4.98 Å². The summed E-state index contributed by atoms with van der Waals surface area (Å²) in [5.74, 6) is 2.02. The molecular formula is C23H31N5S. The Morgan fingerprint density at radius 3 is 2.55 bits per heavy atom. The lowest BCUT2D eigenvalue weighted by Gasteiger charge is -2.34. The Hall–Kier alpha value is -2.21. The molecule has 2 N–H and O–H groups in total. The van der Waals surface area contributed by atoms with Crippen molar-refractivity contribution in [2.45, 2.75) is 48.3 Å². The molecule has 1 aromatic heterocycles. The number of thioether (sulfide) groups is 1. The van der Waals surface area contributed by atoms with Gasteiger partial charge in [0.05, 0.1) is 0 Å². The molecule has 6 heteroatoms. The highest BCUT2D eigenvalue weighted by atomic mass is 32.2. The molecule has 2 fully saturated rings. The van der Waals surface area contributed by atoms with Crippen LogP contribution in [0.2, 0.25) is 0 Å². The third-order valence-corrected chi connectivity index (χ3v) is 7.21. The number of anilines is 1. The molecule has 2 aromatic rings. The number of nitrogens with zero attached hydrogens (tertiary/aromatic N) is 3. The van der Waals surface area contributed by atoms with Crippen molar-refractivity contribution in [2.24, 2.45) is 4.99 Å². The van der Waals surface area contributed by atoms with Crippen molar-refractivity contribution in [3.8, 4) is 0 Å². The van der Waals surface area contributed by atoms with Gasteiger partial charge in [-0.15, -0.1) is 11.8 Å². The van der Waals surface area contributed by atoms with Crippen molar-refractivity contribution < 1.29 is 0 Å². The fraction of sp³-hybridized carbons (Fsp3) is 0.478. The van der Waals surface area contributed by atoms with E-state index in [-0.39, 0.29) is 0 Å². The van der Waals surface area contributed by atoms with Crippen LogP contribution >= 0.6 is 11.8 Å². The molecule has 1 saturated carbocycles. The van der Waals surface area contributed by atoms with Crippen LogP contribution in [-0.4, -0.2) is 48.4 Å². The molecule has 0 radical (unpaired) electrons. The van der Waals surface area contributed by atoms with Gasteiger partial charge in [0.15, 0.2) is 5.96 Å². The molecule has 1 aromatic carbocycles. The molecule has 0 atom stereocenters. The Morgan fingerprint density at radius 1 is 1.14 bits per heavy atom. The fourth-order valence-corrected chi connectivity index (χ4v) is 5.03. The molecule has 0 spiro atoms. The van der Waals surface area contributed by atoms with Gasteiger partial charge in [-0.05, 0) is 56.9 Å². The minimum Gasteiger partial charge on any atom is -0.356 e. The smallest absolute Gasteiger partial charge is 0.191 e. The van der Waals surface area contributed by atoms with Crippen LogP contribution in [0.25, 0.3) is 0 Å². The van der Waals surface area contributed by atoms with Crippen molar-refractivity contribution in [3.05, 3.63) is 54.2 Å². The molecule has 0 unspecified atom stereocenters. The Bertz CT molecular complexity index is 826. The first-order valence-electron chi connectivity index (χ1n) is 10.6. The quantitative estimate of drug-likeness (QED) is 0.561. The van der Waals surface area contributed by atoms with Gasteiger partial charge in [0.2, 0.25) is 0 Å². The summed E-state index contributed by atoms with van der Waals surface area (Å²) in [6, 6.07) is 17.4. The summed E-state index contributed by atoms with van der Waals surface area (Å²) in [6.07, 6.45) is 4.72. The number of benzene rings is 1. The normalized spacial score (nSPS) is 19.1. The van der Waals surface area contributed by atoms with Crippen LogP contribution in [0.5, 0.6) is 0 Å². The van der Waals surface area contributed by atoms with E-state index in [1.807, 2.05) is 18.8 Å². The summed E-state index contributed by atoms with van der Waals surface area (Å²) >= 11 is 2.00. The number of aromatic nitrogens is 1. The van der Waals surface area contributed by atoms with E-state index in [1.165, 1.54) is 17.7 Å². The average molecular weight is 410 g/mol. The zero-order valence-corrected chi connectivity index (χ0v) is 18.2. The summed E-state index contributed by atoms with van der Waals surface area (Å²) in [7, 11) is 1.87. The predicted molar refractivity (Wildman–Crippen MR) is 123 cm³/mol. The third-order valence-electron chi connectivity index (χ3n) is 5.72. The second-order valence-corrected chi connectivity index (χ2v) is 9.61. The van der Waals surface area contributed by atoms with Crippen LogP contribution in [0, 0.1) is 6.92 Å². The molecule has 2 heterocycles. The average Bonchev–Trinajstić information content (AvgIpc) is 3.52. The molecule has 5 nitrogen and oxygen atoms in total. The predicted octanol–water partition coefficient (Wildman–Crippen LogP) is 3.85. The first-order valence-corrected chi connectivity index (χ1v) is 11.4. The third kappa shape index (κ3) is 5.44. The van der Waals surface area contributed by atoms with Crippen LogP contribution < -0.4 is 15.5 Å².